The number of hydrogen-bond donors (Lipinski definition) is 0. The maximum absolute atomic E-state index is 10.3. The lowest BCUT2D eigenvalue weighted by Gasteiger charge is -1.93. The minimum absolute atomic E-state index is 0.142. The highest BCUT2D eigenvalue weighted by Gasteiger charge is 1.95. The second-order valence-corrected chi connectivity index (χ2v) is 1.83. The maximum atomic E-state index is 10.3. The Morgan fingerprint density at radius 2 is 2.38 bits per heavy atom. The van der Waals surface area contributed by atoms with Crippen LogP contribution in [0.2, 0.25) is 0 Å². The van der Waals surface area contributed by atoms with Crippen LogP contribution in [0.25, 0.3) is 0 Å². The van der Waals surface area contributed by atoms with Crippen LogP contribution in [0.1, 0.15) is 26.2 Å². The van der Waals surface area contributed by atoms with E-state index in [-0.39, 0.29) is 5.97 Å². The van der Waals surface area contributed by atoms with Crippen LogP contribution in [0, 0.1) is 0 Å². The van der Waals surface area contributed by atoms with Crippen molar-refractivity contribution in [2.75, 3.05) is 0 Å². The predicted octanol–water partition coefficient (Wildman–Crippen LogP) is 1.51. The predicted molar refractivity (Wildman–Crippen MR) is 35.3 cm³/mol. The number of unbranched alkanes of at least 4 members (excludes halogenated alkanes) is 1. The van der Waals surface area contributed by atoms with Crippen molar-refractivity contribution in [2.24, 2.45) is 0 Å². The fraction of sp³-hybridized carbons (Fsp3) is 0.800. The van der Waals surface area contributed by atoms with Gasteiger partial charge in [-0.1, -0.05) is 13.3 Å². The monoisotopic (exact) mass is 134 g/mol. The number of carbonyl (C=O) groups is 1. The molecular formula is C5H11O2P. The van der Waals surface area contributed by atoms with Gasteiger partial charge < -0.3 is 4.52 Å². The molecule has 0 bridgehead atoms. The van der Waals surface area contributed by atoms with Gasteiger partial charge in [-0.15, -0.1) is 0 Å². The van der Waals surface area contributed by atoms with Gasteiger partial charge in [-0.2, -0.15) is 0 Å². The topological polar surface area (TPSA) is 26.3 Å². The standard InChI is InChI=1S/C5H11O2P/c1-2-3-4-5(6)7-8/h2-4,8H2,1H3. The van der Waals surface area contributed by atoms with Gasteiger partial charge in [0, 0.05) is 6.42 Å². The zero-order valence-corrected chi connectivity index (χ0v) is 6.17. The van der Waals surface area contributed by atoms with Gasteiger partial charge in [-0.3, -0.25) is 4.79 Å². The Bertz CT molecular complexity index is 72.8. The van der Waals surface area contributed by atoms with Crippen molar-refractivity contribution in [3.63, 3.8) is 0 Å². The maximum Gasteiger partial charge on any atom is 0.307 e. The Morgan fingerprint density at radius 3 is 2.75 bits per heavy atom. The zero-order chi connectivity index (χ0) is 6.41. The Hall–Kier alpha value is -0.100. The highest BCUT2D eigenvalue weighted by Crippen LogP contribution is 1.98. The van der Waals surface area contributed by atoms with E-state index in [0.717, 1.165) is 12.8 Å². The summed E-state index contributed by atoms with van der Waals surface area (Å²) in [4.78, 5) is 10.3. The molecule has 48 valence electrons. The Balaban J connectivity index is 2.99. The summed E-state index contributed by atoms with van der Waals surface area (Å²) in [6.45, 7) is 2.04. The van der Waals surface area contributed by atoms with Crippen LogP contribution in [0.3, 0.4) is 0 Å². The average Bonchev–Trinajstić information content (AvgIpc) is 1.83. The Morgan fingerprint density at radius 1 is 1.75 bits per heavy atom. The van der Waals surface area contributed by atoms with Crippen LogP contribution in [0.15, 0.2) is 0 Å². The summed E-state index contributed by atoms with van der Waals surface area (Å²) in [5, 5.41) is 0. The van der Waals surface area contributed by atoms with E-state index in [2.05, 4.69) is 4.52 Å². The smallest absolute Gasteiger partial charge is 0.307 e. The summed E-state index contributed by atoms with van der Waals surface area (Å²) < 4.78 is 4.33. The van der Waals surface area contributed by atoms with Crippen molar-refractivity contribution < 1.29 is 9.32 Å². The van der Waals surface area contributed by atoms with Gasteiger partial charge in [0.05, 0.1) is 9.47 Å². The molecule has 0 amide bonds. The molecule has 0 aromatic rings. The van der Waals surface area contributed by atoms with Crippen LogP contribution in [-0.4, -0.2) is 5.97 Å². The molecule has 0 saturated heterocycles. The van der Waals surface area contributed by atoms with E-state index in [1.165, 1.54) is 0 Å². The van der Waals surface area contributed by atoms with Gasteiger partial charge >= 0.3 is 5.97 Å². The van der Waals surface area contributed by atoms with Crippen molar-refractivity contribution in [1.82, 2.24) is 0 Å². The van der Waals surface area contributed by atoms with Gasteiger partial charge in [-0.25, -0.2) is 0 Å². The molecule has 2 nitrogen and oxygen atoms in total. The van der Waals surface area contributed by atoms with Crippen molar-refractivity contribution in [2.45, 2.75) is 26.2 Å². The molecular weight excluding hydrogens is 123 g/mol. The van der Waals surface area contributed by atoms with E-state index in [0.29, 0.717) is 6.42 Å². The van der Waals surface area contributed by atoms with Crippen LogP contribution in [0.5, 0.6) is 0 Å². The van der Waals surface area contributed by atoms with Gasteiger partial charge in [-0.05, 0) is 6.42 Å². The molecule has 0 aliphatic heterocycles. The first kappa shape index (κ1) is 7.90. The average molecular weight is 134 g/mol. The van der Waals surface area contributed by atoms with Crippen molar-refractivity contribution in [3.05, 3.63) is 0 Å². The van der Waals surface area contributed by atoms with Gasteiger partial charge in [0.15, 0.2) is 0 Å². The number of rotatable bonds is 3. The van der Waals surface area contributed by atoms with E-state index in [1.807, 2.05) is 16.4 Å². The fourth-order valence-electron chi connectivity index (χ4n) is 0.380. The summed E-state index contributed by atoms with van der Waals surface area (Å²) in [7, 11) is 1.94. The van der Waals surface area contributed by atoms with Gasteiger partial charge in [0.25, 0.3) is 0 Å². The molecule has 0 aliphatic rings. The molecule has 8 heavy (non-hydrogen) atoms. The molecule has 0 fully saturated rings. The van der Waals surface area contributed by atoms with Crippen LogP contribution < -0.4 is 0 Å². The molecule has 1 unspecified atom stereocenters. The number of carbonyl (C=O) groups excluding carboxylic acids is 1. The molecule has 3 heteroatoms. The number of hydrogen-bond acceptors (Lipinski definition) is 2. The SMILES string of the molecule is CCCCC(=O)OP. The van der Waals surface area contributed by atoms with Gasteiger partial charge in [0.2, 0.25) is 0 Å². The molecule has 0 aromatic heterocycles. The van der Waals surface area contributed by atoms with Crippen molar-refractivity contribution in [1.29, 1.82) is 0 Å². The lowest BCUT2D eigenvalue weighted by atomic mass is 10.3. The van der Waals surface area contributed by atoms with E-state index in [1.54, 1.807) is 0 Å². The first-order chi connectivity index (χ1) is 3.81. The normalized spacial score (nSPS) is 8.75. The molecule has 0 heterocycles. The van der Waals surface area contributed by atoms with Crippen LogP contribution in [0.4, 0.5) is 0 Å². The van der Waals surface area contributed by atoms with Crippen LogP contribution >= 0.6 is 9.47 Å². The third kappa shape index (κ3) is 4.07. The van der Waals surface area contributed by atoms with E-state index in [9.17, 15) is 4.79 Å². The molecule has 0 aromatic carbocycles. The Labute approximate surface area is 51.9 Å². The van der Waals surface area contributed by atoms with Crippen molar-refractivity contribution in [3.8, 4) is 0 Å². The van der Waals surface area contributed by atoms with E-state index >= 15 is 0 Å². The lowest BCUT2D eigenvalue weighted by molar-refractivity contribution is -0.133. The summed E-state index contributed by atoms with van der Waals surface area (Å²) in [6.07, 6.45) is 2.51. The van der Waals surface area contributed by atoms with E-state index < -0.39 is 0 Å². The second-order valence-electron chi connectivity index (χ2n) is 1.59. The summed E-state index contributed by atoms with van der Waals surface area (Å²) in [5.74, 6) is -0.142. The minimum Gasteiger partial charge on any atom is -0.452 e. The van der Waals surface area contributed by atoms with E-state index in [4.69, 9.17) is 0 Å². The Kier molecular flexibility index (Phi) is 4.98. The van der Waals surface area contributed by atoms with Crippen LogP contribution in [-0.2, 0) is 9.32 Å². The first-order valence-electron chi connectivity index (χ1n) is 2.70. The fourth-order valence-corrected chi connectivity index (χ4v) is 0.498. The molecule has 1 atom stereocenters. The van der Waals surface area contributed by atoms with Gasteiger partial charge in [0.1, 0.15) is 0 Å². The quantitative estimate of drug-likeness (QED) is 0.547. The highest BCUT2D eigenvalue weighted by atomic mass is 31.0. The summed E-state index contributed by atoms with van der Waals surface area (Å²) in [5.41, 5.74) is 0. The molecule has 0 rings (SSSR count). The summed E-state index contributed by atoms with van der Waals surface area (Å²) in [6, 6.07) is 0. The molecule has 0 N–H and O–H groups in total. The first-order valence-corrected chi connectivity index (χ1v) is 3.18. The third-order valence-corrected chi connectivity index (χ3v) is 1.13. The molecule has 0 spiro atoms. The zero-order valence-electron chi connectivity index (χ0n) is 5.02. The highest BCUT2D eigenvalue weighted by molar-refractivity contribution is 7.10. The molecule has 0 aliphatic carbocycles. The largest absolute Gasteiger partial charge is 0.452 e. The molecule has 0 radical (unpaired) electrons. The second kappa shape index (κ2) is 5.04. The lowest BCUT2D eigenvalue weighted by Crippen LogP contribution is -1.94. The van der Waals surface area contributed by atoms with Crippen molar-refractivity contribution >= 4 is 15.4 Å². The summed E-state index contributed by atoms with van der Waals surface area (Å²) >= 11 is 0. The molecule has 0 saturated carbocycles. The minimum atomic E-state index is -0.142. The third-order valence-electron chi connectivity index (χ3n) is 0.866.